The zero-order valence-electron chi connectivity index (χ0n) is 15.9. The Balaban J connectivity index is 1.73. The second-order valence-corrected chi connectivity index (χ2v) is 6.92. The van der Waals surface area contributed by atoms with Gasteiger partial charge in [0.25, 0.3) is 11.6 Å². The number of halogens is 1. The number of fused-ring (bicyclic) bond motifs is 1. The average Bonchev–Trinajstić information content (AvgIpc) is 3.02. The molecule has 0 saturated heterocycles. The van der Waals surface area contributed by atoms with Crippen molar-refractivity contribution in [2.75, 3.05) is 16.8 Å². The van der Waals surface area contributed by atoms with Crippen LogP contribution in [0, 0.1) is 10.1 Å². The monoisotopic (exact) mass is 424 g/mol. The van der Waals surface area contributed by atoms with Crippen molar-refractivity contribution >= 4 is 34.6 Å². The second kappa shape index (κ2) is 8.00. The summed E-state index contributed by atoms with van der Waals surface area (Å²) in [5.41, 5.74) is 1.86. The standard InChI is InChI=1S/C21H17ClN4O4/c1-2-30-15-8-6-14(7-9-15)25-20(19-16(21(25)27)4-3-11-23-19)24-13-5-10-17(22)18(12-13)26(28)29/h3-12,20,24H,2H2,1H3/t20-/m1/s1. The van der Waals surface area contributed by atoms with Crippen LogP contribution in [-0.4, -0.2) is 22.4 Å². The molecule has 2 aromatic carbocycles. The molecule has 9 heteroatoms. The highest BCUT2D eigenvalue weighted by molar-refractivity contribution is 6.32. The van der Waals surface area contributed by atoms with Crippen LogP contribution in [0.5, 0.6) is 5.75 Å². The number of carbonyl (C=O) groups is 1. The van der Waals surface area contributed by atoms with Gasteiger partial charge in [-0.25, -0.2) is 0 Å². The number of hydrogen-bond donors (Lipinski definition) is 1. The van der Waals surface area contributed by atoms with Gasteiger partial charge in [-0.2, -0.15) is 0 Å². The zero-order valence-corrected chi connectivity index (χ0v) is 16.7. The van der Waals surface area contributed by atoms with Crippen molar-refractivity contribution in [2.24, 2.45) is 0 Å². The maximum Gasteiger partial charge on any atom is 0.289 e. The van der Waals surface area contributed by atoms with Gasteiger partial charge >= 0.3 is 0 Å². The lowest BCUT2D eigenvalue weighted by molar-refractivity contribution is -0.384. The van der Waals surface area contributed by atoms with Crippen LogP contribution >= 0.6 is 11.6 Å². The molecule has 0 radical (unpaired) electrons. The molecule has 1 aromatic heterocycles. The van der Waals surface area contributed by atoms with Crippen LogP contribution in [0.25, 0.3) is 0 Å². The molecule has 1 N–H and O–H groups in total. The number of hydrogen-bond acceptors (Lipinski definition) is 6. The van der Waals surface area contributed by atoms with E-state index in [2.05, 4.69) is 10.3 Å². The van der Waals surface area contributed by atoms with E-state index in [1.807, 2.05) is 6.92 Å². The van der Waals surface area contributed by atoms with Gasteiger partial charge in [0.2, 0.25) is 0 Å². The minimum atomic E-state index is -0.646. The highest BCUT2D eigenvalue weighted by Crippen LogP contribution is 2.38. The molecule has 3 aromatic rings. The number of pyridine rings is 1. The number of carbonyl (C=O) groups excluding carboxylic acids is 1. The number of amides is 1. The maximum atomic E-state index is 13.1. The summed E-state index contributed by atoms with van der Waals surface area (Å²) in [6.07, 6.45) is 0.958. The summed E-state index contributed by atoms with van der Waals surface area (Å²) in [5, 5.41) is 14.5. The van der Waals surface area contributed by atoms with E-state index < -0.39 is 11.1 Å². The largest absolute Gasteiger partial charge is 0.494 e. The van der Waals surface area contributed by atoms with E-state index in [9.17, 15) is 14.9 Å². The van der Waals surface area contributed by atoms with Gasteiger partial charge in [-0.3, -0.25) is 24.8 Å². The lowest BCUT2D eigenvalue weighted by Gasteiger charge is -2.26. The Kier molecular flexibility index (Phi) is 5.24. The Morgan fingerprint density at radius 3 is 2.70 bits per heavy atom. The summed E-state index contributed by atoms with van der Waals surface area (Å²) < 4.78 is 5.47. The van der Waals surface area contributed by atoms with Gasteiger partial charge in [0, 0.05) is 23.6 Å². The first-order chi connectivity index (χ1) is 14.5. The molecule has 0 bridgehead atoms. The molecule has 1 amide bonds. The van der Waals surface area contributed by atoms with Gasteiger partial charge in [0.15, 0.2) is 6.17 Å². The van der Waals surface area contributed by atoms with Gasteiger partial charge in [0.1, 0.15) is 10.8 Å². The van der Waals surface area contributed by atoms with Crippen molar-refractivity contribution in [2.45, 2.75) is 13.1 Å². The second-order valence-electron chi connectivity index (χ2n) is 6.51. The smallest absolute Gasteiger partial charge is 0.289 e. The molecule has 0 saturated carbocycles. The predicted octanol–water partition coefficient (Wildman–Crippen LogP) is 4.81. The van der Waals surface area contributed by atoms with Gasteiger partial charge in [-0.15, -0.1) is 0 Å². The minimum absolute atomic E-state index is 0.0370. The van der Waals surface area contributed by atoms with Gasteiger partial charge in [-0.05, 0) is 55.5 Å². The molecule has 4 rings (SSSR count). The molecule has 0 aliphatic carbocycles. The summed E-state index contributed by atoms with van der Waals surface area (Å²) in [7, 11) is 0. The number of nitrogens with zero attached hydrogens (tertiary/aromatic N) is 3. The van der Waals surface area contributed by atoms with Crippen LogP contribution in [-0.2, 0) is 0 Å². The van der Waals surface area contributed by atoms with Crippen molar-refractivity contribution in [3.63, 3.8) is 0 Å². The summed E-state index contributed by atoms with van der Waals surface area (Å²) >= 11 is 5.92. The molecule has 30 heavy (non-hydrogen) atoms. The third-order valence-electron chi connectivity index (χ3n) is 4.68. The summed E-state index contributed by atoms with van der Waals surface area (Å²) in [6.45, 7) is 2.43. The normalized spacial score (nSPS) is 15.1. The topological polar surface area (TPSA) is 97.6 Å². The lowest BCUT2D eigenvalue weighted by atomic mass is 10.2. The van der Waals surface area contributed by atoms with E-state index in [1.54, 1.807) is 53.6 Å². The lowest BCUT2D eigenvalue weighted by Crippen LogP contribution is -2.32. The van der Waals surface area contributed by atoms with Crippen LogP contribution < -0.4 is 15.0 Å². The van der Waals surface area contributed by atoms with Crippen molar-refractivity contribution in [1.82, 2.24) is 4.98 Å². The number of aromatic nitrogens is 1. The zero-order chi connectivity index (χ0) is 21.3. The Morgan fingerprint density at radius 1 is 1.23 bits per heavy atom. The molecule has 0 spiro atoms. The van der Waals surface area contributed by atoms with Gasteiger partial charge in [-0.1, -0.05) is 11.6 Å². The molecule has 1 aliphatic rings. The van der Waals surface area contributed by atoms with Gasteiger partial charge in [0.05, 0.1) is 22.8 Å². The Morgan fingerprint density at radius 2 is 2.00 bits per heavy atom. The predicted molar refractivity (Wildman–Crippen MR) is 113 cm³/mol. The number of rotatable bonds is 6. The third kappa shape index (κ3) is 3.53. The average molecular weight is 425 g/mol. The van der Waals surface area contributed by atoms with Crippen LogP contribution in [0.3, 0.4) is 0 Å². The quantitative estimate of drug-likeness (QED) is 0.450. The maximum absolute atomic E-state index is 13.1. The summed E-state index contributed by atoms with van der Waals surface area (Å²) in [6, 6.07) is 14.9. The molecule has 8 nitrogen and oxygen atoms in total. The SMILES string of the molecule is CCOc1ccc(N2C(=O)c3cccnc3[C@@H]2Nc2ccc(Cl)c([N+](=O)[O-])c2)cc1. The molecule has 2 heterocycles. The summed E-state index contributed by atoms with van der Waals surface area (Å²) in [5.74, 6) is 0.476. The number of ether oxygens (including phenoxy) is 1. The number of anilines is 2. The van der Waals surface area contributed by atoms with Crippen molar-refractivity contribution in [1.29, 1.82) is 0 Å². The van der Waals surface area contributed by atoms with Crippen LogP contribution in [0.15, 0.2) is 60.8 Å². The van der Waals surface area contributed by atoms with E-state index in [-0.39, 0.29) is 16.6 Å². The van der Waals surface area contributed by atoms with Crippen molar-refractivity contribution in [3.8, 4) is 5.75 Å². The van der Waals surface area contributed by atoms with Crippen molar-refractivity contribution < 1.29 is 14.5 Å². The van der Waals surface area contributed by atoms with E-state index in [4.69, 9.17) is 16.3 Å². The first-order valence-electron chi connectivity index (χ1n) is 9.21. The Hall–Kier alpha value is -3.65. The van der Waals surface area contributed by atoms with E-state index in [0.29, 0.717) is 35.0 Å². The minimum Gasteiger partial charge on any atom is -0.494 e. The highest BCUT2D eigenvalue weighted by Gasteiger charge is 2.39. The molecule has 0 unspecified atom stereocenters. The number of nitro benzene ring substituents is 1. The van der Waals surface area contributed by atoms with Crippen LogP contribution in [0.1, 0.15) is 29.1 Å². The number of nitro groups is 1. The number of nitrogens with one attached hydrogen (secondary N) is 1. The third-order valence-corrected chi connectivity index (χ3v) is 5.00. The fraction of sp³-hybridized carbons (Fsp3) is 0.143. The van der Waals surface area contributed by atoms with Gasteiger partial charge < -0.3 is 10.1 Å². The number of benzene rings is 2. The van der Waals surface area contributed by atoms with Crippen LogP contribution in [0.2, 0.25) is 5.02 Å². The molecule has 1 aliphatic heterocycles. The Labute approximate surface area is 177 Å². The van der Waals surface area contributed by atoms with E-state index in [1.165, 1.54) is 12.1 Å². The fourth-order valence-corrected chi connectivity index (χ4v) is 3.54. The molecule has 1 atom stereocenters. The fourth-order valence-electron chi connectivity index (χ4n) is 3.35. The Bertz CT molecular complexity index is 1120. The van der Waals surface area contributed by atoms with Crippen LogP contribution in [0.4, 0.5) is 17.1 Å². The van der Waals surface area contributed by atoms with E-state index >= 15 is 0 Å². The van der Waals surface area contributed by atoms with Crippen molar-refractivity contribution in [3.05, 3.63) is 87.2 Å². The highest BCUT2D eigenvalue weighted by atomic mass is 35.5. The first-order valence-corrected chi connectivity index (χ1v) is 9.59. The molecule has 152 valence electrons. The summed E-state index contributed by atoms with van der Waals surface area (Å²) in [4.78, 5) is 29.7. The van der Waals surface area contributed by atoms with E-state index in [0.717, 1.165) is 0 Å². The first kappa shape index (κ1) is 19.7. The molecular formula is C21H17ClN4O4. The molecular weight excluding hydrogens is 408 g/mol. The molecule has 0 fully saturated rings.